The van der Waals surface area contributed by atoms with Crippen molar-refractivity contribution in [1.82, 2.24) is 10.2 Å². The molecule has 0 aliphatic heterocycles. The molecule has 5 heteroatoms. The third kappa shape index (κ3) is 4.40. The van der Waals surface area contributed by atoms with Crippen LogP contribution >= 0.6 is 11.6 Å². The zero-order chi connectivity index (χ0) is 17.8. The maximum absolute atomic E-state index is 12.5. The van der Waals surface area contributed by atoms with E-state index in [9.17, 15) is 9.59 Å². The smallest absolute Gasteiger partial charge is 0.226 e. The van der Waals surface area contributed by atoms with Crippen molar-refractivity contribution >= 4 is 23.4 Å². The molecular weight excluding hydrogens is 336 g/mol. The van der Waals surface area contributed by atoms with Gasteiger partial charge in [-0.25, -0.2) is 0 Å². The lowest BCUT2D eigenvalue weighted by molar-refractivity contribution is -0.134. The summed E-state index contributed by atoms with van der Waals surface area (Å²) < 4.78 is 0. The number of amides is 2. The third-order valence-electron chi connectivity index (χ3n) is 4.49. The van der Waals surface area contributed by atoms with E-state index in [1.165, 1.54) is 0 Å². The van der Waals surface area contributed by atoms with Crippen molar-refractivity contribution in [2.24, 2.45) is 11.8 Å². The van der Waals surface area contributed by atoms with Gasteiger partial charge in [0.15, 0.2) is 0 Å². The monoisotopic (exact) mass is 356 g/mol. The van der Waals surface area contributed by atoms with Gasteiger partial charge in [-0.1, -0.05) is 60.1 Å². The summed E-state index contributed by atoms with van der Waals surface area (Å²) >= 11 is 6.09. The zero-order valence-corrected chi connectivity index (χ0v) is 14.9. The molecule has 1 aliphatic carbocycles. The van der Waals surface area contributed by atoms with E-state index in [0.717, 1.165) is 11.1 Å². The number of carbonyl (C=O) groups excluding carboxylic acids is 2. The molecular formula is C20H21ClN2O2. The molecule has 1 N–H and O–H groups in total. The Morgan fingerprint density at radius 1 is 1.08 bits per heavy atom. The molecule has 1 fully saturated rings. The Morgan fingerprint density at radius 2 is 1.76 bits per heavy atom. The molecule has 2 aromatic carbocycles. The summed E-state index contributed by atoms with van der Waals surface area (Å²) in [5.74, 6) is -0.485. The van der Waals surface area contributed by atoms with Crippen molar-refractivity contribution in [3.8, 4) is 0 Å². The van der Waals surface area contributed by atoms with Gasteiger partial charge in [-0.15, -0.1) is 0 Å². The maximum Gasteiger partial charge on any atom is 0.226 e. The number of nitrogens with one attached hydrogen (secondary N) is 1. The highest BCUT2D eigenvalue weighted by molar-refractivity contribution is 6.31. The van der Waals surface area contributed by atoms with Crippen LogP contribution < -0.4 is 5.32 Å². The average molecular weight is 357 g/mol. The second-order valence-corrected chi connectivity index (χ2v) is 6.85. The molecule has 2 amide bonds. The Kier molecular flexibility index (Phi) is 5.39. The summed E-state index contributed by atoms with van der Waals surface area (Å²) in [6.45, 7) is 0.944. The van der Waals surface area contributed by atoms with E-state index >= 15 is 0 Å². The molecule has 0 heterocycles. The molecule has 0 aromatic heterocycles. The fourth-order valence-corrected chi connectivity index (χ4v) is 3.13. The van der Waals surface area contributed by atoms with Crippen molar-refractivity contribution in [2.75, 3.05) is 7.05 Å². The van der Waals surface area contributed by atoms with Gasteiger partial charge in [-0.2, -0.15) is 0 Å². The Hall–Kier alpha value is -2.33. The number of carbonyl (C=O) groups is 2. The van der Waals surface area contributed by atoms with Gasteiger partial charge in [0.2, 0.25) is 11.8 Å². The molecule has 4 nitrogen and oxygen atoms in total. The van der Waals surface area contributed by atoms with Gasteiger partial charge in [0.05, 0.1) is 11.8 Å². The minimum Gasteiger partial charge on any atom is -0.352 e. The maximum atomic E-state index is 12.5. The summed E-state index contributed by atoms with van der Waals surface area (Å²) in [6.07, 6.45) is 0.617. The van der Waals surface area contributed by atoms with Crippen LogP contribution in [0.15, 0.2) is 54.6 Å². The van der Waals surface area contributed by atoms with E-state index in [1.54, 1.807) is 18.0 Å². The third-order valence-corrected chi connectivity index (χ3v) is 4.86. The highest BCUT2D eigenvalue weighted by atomic mass is 35.5. The first kappa shape index (κ1) is 17.5. The van der Waals surface area contributed by atoms with Crippen molar-refractivity contribution in [3.63, 3.8) is 0 Å². The van der Waals surface area contributed by atoms with Crippen LogP contribution in [0.5, 0.6) is 0 Å². The topological polar surface area (TPSA) is 49.4 Å². The number of benzene rings is 2. The normalized spacial score (nSPS) is 18.5. The minimum absolute atomic E-state index is 0.0294. The van der Waals surface area contributed by atoms with Gasteiger partial charge in [-0.3, -0.25) is 9.59 Å². The van der Waals surface area contributed by atoms with Crippen LogP contribution in [0.4, 0.5) is 0 Å². The van der Waals surface area contributed by atoms with Gasteiger partial charge >= 0.3 is 0 Å². The summed E-state index contributed by atoms with van der Waals surface area (Å²) in [5, 5.41) is 3.51. The first-order valence-electron chi connectivity index (χ1n) is 8.36. The average Bonchev–Trinajstić information content (AvgIpc) is 3.42. The van der Waals surface area contributed by atoms with Gasteiger partial charge in [-0.05, 0) is 23.6 Å². The summed E-state index contributed by atoms with van der Waals surface area (Å²) in [4.78, 5) is 26.4. The molecule has 2 unspecified atom stereocenters. The fourth-order valence-electron chi connectivity index (χ4n) is 2.93. The summed E-state index contributed by atoms with van der Waals surface area (Å²) in [7, 11) is 1.78. The molecule has 0 saturated heterocycles. The molecule has 130 valence electrons. The molecule has 2 aromatic rings. The highest BCUT2D eigenvalue weighted by Gasteiger charge is 2.48. The molecule has 3 rings (SSSR count). The molecule has 25 heavy (non-hydrogen) atoms. The van der Waals surface area contributed by atoms with Gasteiger partial charge < -0.3 is 10.2 Å². The van der Waals surface area contributed by atoms with E-state index in [-0.39, 0.29) is 23.7 Å². The van der Waals surface area contributed by atoms with E-state index in [0.29, 0.717) is 24.5 Å². The zero-order valence-electron chi connectivity index (χ0n) is 14.1. The van der Waals surface area contributed by atoms with E-state index in [1.807, 2.05) is 48.5 Å². The highest BCUT2D eigenvalue weighted by Crippen LogP contribution is 2.40. The number of nitrogens with zero attached hydrogens (tertiary/aromatic N) is 1. The van der Waals surface area contributed by atoms with E-state index < -0.39 is 0 Å². The number of halogens is 1. The van der Waals surface area contributed by atoms with Crippen LogP contribution in [0.3, 0.4) is 0 Å². The number of rotatable bonds is 6. The molecule has 1 saturated carbocycles. The van der Waals surface area contributed by atoms with Crippen molar-refractivity contribution < 1.29 is 9.59 Å². The number of hydrogen-bond acceptors (Lipinski definition) is 2. The van der Waals surface area contributed by atoms with E-state index in [4.69, 9.17) is 11.6 Å². The number of hydrogen-bond donors (Lipinski definition) is 1. The minimum atomic E-state index is -0.229. The lowest BCUT2D eigenvalue weighted by Gasteiger charge is -2.17. The molecule has 0 spiro atoms. The predicted octanol–water partition coefficient (Wildman–Crippen LogP) is 3.25. The van der Waals surface area contributed by atoms with Crippen molar-refractivity contribution in [1.29, 1.82) is 0 Å². The fraction of sp³-hybridized carbons (Fsp3) is 0.300. The van der Waals surface area contributed by atoms with Gasteiger partial charge in [0.1, 0.15) is 0 Å². The Morgan fingerprint density at radius 3 is 2.48 bits per heavy atom. The van der Waals surface area contributed by atoms with Crippen molar-refractivity contribution in [3.05, 3.63) is 70.7 Å². The first-order valence-corrected chi connectivity index (χ1v) is 8.74. The predicted molar refractivity (Wildman–Crippen MR) is 97.8 cm³/mol. The molecule has 0 radical (unpaired) electrons. The molecule has 0 bridgehead atoms. The van der Waals surface area contributed by atoms with Crippen molar-refractivity contribution in [2.45, 2.75) is 19.5 Å². The van der Waals surface area contributed by atoms with Crippen LogP contribution in [-0.4, -0.2) is 23.8 Å². The summed E-state index contributed by atoms with van der Waals surface area (Å²) in [6, 6.07) is 17.3. The molecule has 1 aliphatic rings. The largest absolute Gasteiger partial charge is 0.352 e. The standard InChI is InChI=1S/C20H21ClN2O2/c1-23(13-14-7-3-2-4-8-14)20(25)17-11-16(17)19(24)22-12-15-9-5-6-10-18(15)21/h2-10,16-17H,11-13H2,1H3,(H,22,24). The Balaban J connectivity index is 1.49. The quantitative estimate of drug-likeness (QED) is 0.863. The van der Waals surface area contributed by atoms with Crippen LogP contribution in [0.2, 0.25) is 5.02 Å². The Labute approximate surface area is 152 Å². The SMILES string of the molecule is CN(Cc1ccccc1)C(=O)C1CC1C(=O)NCc1ccccc1Cl. The Bertz CT molecular complexity index is 763. The lowest BCUT2D eigenvalue weighted by atomic mass is 10.2. The lowest BCUT2D eigenvalue weighted by Crippen LogP contribution is -2.31. The second kappa shape index (κ2) is 7.70. The van der Waals surface area contributed by atoms with Crippen LogP contribution in [0.1, 0.15) is 17.5 Å². The van der Waals surface area contributed by atoms with Crippen LogP contribution in [0, 0.1) is 11.8 Å². The summed E-state index contributed by atoms with van der Waals surface area (Å²) in [5.41, 5.74) is 1.96. The van der Waals surface area contributed by atoms with E-state index in [2.05, 4.69) is 5.32 Å². The van der Waals surface area contributed by atoms with Gasteiger partial charge in [0.25, 0.3) is 0 Å². The second-order valence-electron chi connectivity index (χ2n) is 6.44. The molecule has 2 atom stereocenters. The van der Waals surface area contributed by atoms with Gasteiger partial charge in [0, 0.05) is 25.2 Å². The first-order chi connectivity index (χ1) is 12.1. The van der Waals surface area contributed by atoms with Crippen LogP contribution in [-0.2, 0) is 22.7 Å². The van der Waals surface area contributed by atoms with Crippen LogP contribution in [0.25, 0.3) is 0 Å².